The van der Waals surface area contributed by atoms with Crippen LogP contribution in [-0.4, -0.2) is 23.2 Å². The van der Waals surface area contributed by atoms with Crippen LogP contribution in [0.4, 0.5) is 0 Å². The Bertz CT molecular complexity index is 965. The number of Topliss-reactive ketones (excluding diaryl/α,β-unsaturated/α-hetero) is 1. The first-order valence-corrected chi connectivity index (χ1v) is 10.0. The fraction of sp³-hybridized carbons (Fsp3) is 0.478. The Hall–Kier alpha value is -2.56. The number of fused-ring (bicyclic) bond motifs is 1. The summed E-state index contributed by atoms with van der Waals surface area (Å²) in [6.07, 6.45) is 3.84. The summed E-state index contributed by atoms with van der Waals surface area (Å²) in [4.78, 5) is 18.2. The van der Waals surface area contributed by atoms with Crippen LogP contribution in [0.1, 0.15) is 67.7 Å². The molecule has 0 saturated carbocycles. The average Bonchev–Trinajstić information content (AvgIpc) is 3.13. The van der Waals surface area contributed by atoms with E-state index in [1.54, 1.807) is 6.26 Å². The number of ketones is 1. The van der Waals surface area contributed by atoms with Gasteiger partial charge < -0.3 is 14.4 Å². The Balaban J connectivity index is 2.06. The van der Waals surface area contributed by atoms with Gasteiger partial charge in [0.25, 0.3) is 0 Å². The van der Waals surface area contributed by atoms with E-state index in [1.165, 1.54) is 11.1 Å². The second kappa shape index (κ2) is 8.21. The van der Waals surface area contributed by atoms with Gasteiger partial charge in [-0.2, -0.15) is 0 Å². The lowest BCUT2D eigenvalue weighted by atomic mass is 9.77. The average molecular weight is 383 g/mol. The van der Waals surface area contributed by atoms with Crippen LogP contribution < -0.4 is 0 Å². The highest BCUT2D eigenvalue weighted by molar-refractivity contribution is 6.23. The van der Waals surface area contributed by atoms with Gasteiger partial charge in [0.15, 0.2) is 5.78 Å². The van der Waals surface area contributed by atoms with Crippen molar-refractivity contribution in [3.8, 4) is 0 Å². The van der Waals surface area contributed by atoms with Crippen molar-refractivity contribution in [2.24, 2.45) is 5.16 Å². The van der Waals surface area contributed by atoms with Crippen LogP contribution in [0.2, 0.25) is 0 Å². The van der Waals surface area contributed by atoms with Gasteiger partial charge in [-0.25, -0.2) is 0 Å². The maximum atomic E-state index is 13.0. The van der Waals surface area contributed by atoms with Crippen LogP contribution in [-0.2, 0) is 9.63 Å². The lowest BCUT2D eigenvalue weighted by molar-refractivity contribution is -0.116. The Kier molecular flexibility index (Phi) is 5.92. The van der Waals surface area contributed by atoms with Crippen molar-refractivity contribution in [3.05, 3.63) is 45.9 Å². The predicted molar refractivity (Wildman–Crippen MR) is 111 cm³/mol. The molecule has 150 valence electrons. The first kappa shape index (κ1) is 20.2. The molecule has 0 aliphatic heterocycles. The van der Waals surface area contributed by atoms with E-state index in [4.69, 9.17) is 9.25 Å². The van der Waals surface area contributed by atoms with Crippen molar-refractivity contribution in [2.45, 2.75) is 66.2 Å². The summed E-state index contributed by atoms with van der Waals surface area (Å²) < 4.78 is 5.80. The standard InChI is InChI=1S/C23H29NO4/c1-6-8-18(24-28-7-2)22-19(25)11-16(12-20(22)26)21-15(5)13(3)14(4)17-9-10-27-23(17)21/h9-10,16,25H,6-8,11-12H2,1-5H3/b24-18+. The Morgan fingerprint density at radius 1 is 1.21 bits per heavy atom. The van der Waals surface area contributed by atoms with E-state index in [0.29, 0.717) is 37.2 Å². The molecule has 3 rings (SSSR count). The van der Waals surface area contributed by atoms with Crippen LogP contribution in [0.5, 0.6) is 0 Å². The summed E-state index contributed by atoms with van der Waals surface area (Å²) in [6, 6.07) is 1.97. The third-order valence-corrected chi connectivity index (χ3v) is 5.77. The number of allylic oxidation sites excluding steroid dienone is 2. The number of rotatable bonds is 6. The molecule has 1 aliphatic rings. The van der Waals surface area contributed by atoms with E-state index < -0.39 is 0 Å². The van der Waals surface area contributed by atoms with Crippen molar-refractivity contribution in [3.63, 3.8) is 0 Å². The molecule has 1 atom stereocenters. The number of hydrogen-bond donors (Lipinski definition) is 1. The third-order valence-electron chi connectivity index (χ3n) is 5.77. The molecule has 1 aliphatic carbocycles. The number of aryl methyl sites for hydroxylation is 1. The van der Waals surface area contributed by atoms with Crippen LogP contribution >= 0.6 is 0 Å². The zero-order valence-electron chi connectivity index (χ0n) is 17.4. The molecule has 2 aromatic rings. The number of carbonyl (C=O) groups excluding carboxylic acids is 1. The number of carbonyl (C=O) groups is 1. The predicted octanol–water partition coefficient (Wildman–Crippen LogP) is 5.81. The van der Waals surface area contributed by atoms with Crippen molar-refractivity contribution >= 4 is 22.5 Å². The van der Waals surface area contributed by atoms with Gasteiger partial charge >= 0.3 is 0 Å². The highest BCUT2D eigenvalue weighted by Crippen LogP contribution is 2.41. The van der Waals surface area contributed by atoms with Crippen LogP contribution in [0, 0.1) is 20.8 Å². The van der Waals surface area contributed by atoms with Gasteiger partial charge in [0, 0.05) is 29.7 Å². The topological polar surface area (TPSA) is 72.0 Å². The second-order valence-corrected chi connectivity index (χ2v) is 7.51. The van der Waals surface area contributed by atoms with Crippen LogP contribution in [0.15, 0.2) is 33.2 Å². The molecule has 1 N–H and O–H groups in total. The number of hydrogen-bond acceptors (Lipinski definition) is 5. The van der Waals surface area contributed by atoms with Crippen molar-refractivity contribution in [1.29, 1.82) is 0 Å². The van der Waals surface area contributed by atoms with Gasteiger partial charge in [-0.3, -0.25) is 4.79 Å². The third kappa shape index (κ3) is 3.46. The molecular formula is C23H29NO4. The minimum atomic E-state index is -0.112. The number of benzene rings is 1. The zero-order valence-corrected chi connectivity index (χ0v) is 17.4. The van der Waals surface area contributed by atoms with E-state index in [1.807, 2.05) is 19.9 Å². The molecule has 0 amide bonds. The number of aliphatic hydroxyl groups is 1. The Morgan fingerprint density at radius 3 is 2.61 bits per heavy atom. The summed E-state index contributed by atoms with van der Waals surface area (Å²) in [7, 11) is 0. The molecule has 0 bridgehead atoms. The first-order valence-electron chi connectivity index (χ1n) is 10.0. The quantitative estimate of drug-likeness (QED) is 0.505. The number of aliphatic hydroxyl groups excluding tert-OH is 1. The van der Waals surface area contributed by atoms with Gasteiger partial charge in [-0.05, 0) is 56.9 Å². The van der Waals surface area contributed by atoms with Gasteiger partial charge in [0.05, 0.1) is 17.5 Å². The number of nitrogens with zero attached hydrogens (tertiary/aromatic N) is 1. The molecule has 0 radical (unpaired) electrons. The summed E-state index contributed by atoms with van der Waals surface area (Å²) in [5.41, 5.74) is 6.27. The lowest BCUT2D eigenvalue weighted by Crippen LogP contribution is -2.24. The molecule has 0 spiro atoms. The van der Waals surface area contributed by atoms with Crippen LogP contribution in [0.25, 0.3) is 11.0 Å². The van der Waals surface area contributed by atoms with Gasteiger partial charge in [-0.15, -0.1) is 0 Å². The monoisotopic (exact) mass is 383 g/mol. The van der Waals surface area contributed by atoms with E-state index >= 15 is 0 Å². The summed E-state index contributed by atoms with van der Waals surface area (Å²) in [6.45, 7) is 10.5. The second-order valence-electron chi connectivity index (χ2n) is 7.51. The maximum Gasteiger partial charge on any atom is 0.168 e. The van der Waals surface area contributed by atoms with Gasteiger partial charge in [0.1, 0.15) is 17.9 Å². The maximum absolute atomic E-state index is 13.0. The van der Waals surface area contributed by atoms with Crippen molar-refractivity contribution < 1.29 is 19.2 Å². The van der Waals surface area contributed by atoms with E-state index in [2.05, 4.69) is 25.9 Å². The van der Waals surface area contributed by atoms with Crippen molar-refractivity contribution in [1.82, 2.24) is 0 Å². The van der Waals surface area contributed by atoms with E-state index in [9.17, 15) is 9.90 Å². The highest BCUT2D eigenvalue weighted by Gasteiger charge is 2.34. The molecule has 0 fully saturated rings. The first-order chi connectivity index (χ1) is 13.4. The number of oxime groups is 1. The molecule has 28 heavy (non-hydrogen) atoms. The van der Waals surface area contributed by atoms with Crippen molar-refractivity contribution in [2.75, 3.05) is 6.61 Å². The minimum absolute atomic E-state index is 0.0852. The molecular weight excluding hydrogens is 354 g/mol. The molecule has 1 heterocycles. The molecule has 5 nitrogen and oxygen atoms in total. The molecule has 1 aromatic heterocycles. The number of furan rings is 1. The fourth-order valence-corrected chi connectivity index (χ4v) is 4.18. The van der Waals surface area contributed by atoms with Gasteiger partial charge in [-0.1, -0.05) is 18.5 Å². The molecule has 1 unspecified atom stereocenters. The Labute approximate surface area is 166 Å². The molecule has 5 heteroatoms. The Morgan fingerprint density at radius 2 is 1.96 bits per heavy atom. The van der Waals surface area contributed by atoms with E-state index in [-0.39, 0.29) is 17.5 Å². The van der Waals surface area contributed by atoms with Gasteiger partial charge in [0.2, 0.25) is 0 Å². The van der Waals surface area contributed by atoms with E-state index in [0.717, 1.165) is 28.5 Å². The highest BCUT2D eigenvalue weighted by atomic mass is 16.6. The smallest absolute Gasteiger partial charge is 0.168 e. The fourth-order valence-electron chi connectivity index (χ4n) is 4.18. The normalized spacial score (nSPS) is 18.2. The summed E-state index contributed by atoms with van der Waals surface area (Å²) in [5, 5.41) is 16.0. The largest absolute Gasteiger partial charge is 0.511 e. The molecule has 1 aromatic carbocycles. The minimum Gasteiger partial charge on any atom is -0.511 e. The SMILES string of the molecule is CCC/C(=N\OCC)C1=C(O)CC(c2c(C)c(C)c(C)c3ccoc23)CC1=O. The summed E-state index contributed by atoms with van der Waals surface area (Å²) in [5.74, 6) is -0.0948. The lowest BCUT2D eigenvalue weighted by Gasteiger charge is -2.26. The van der Waals surface area contributed by atoms with Crippen LogP contribution in [0.3, 0.4) is 0 Å². The molecule has 0 saturated heterocycles. The summed E-state index contributed by atoms with van der Waals surface area (Å²) >= 11 is 0. The zero-order chi connectivity index (χ0) is 20.4.